The molecule has 3 atom stereocenters. The minimum atomic E-state index is -4.63. The first kappa shape index (κ1) is 28.0. The Morgan fingerprint density at radius 3 is 2.49 bits per heavy atom. The highest BCUT2D eigenvalue weighted by Gasteiger charge is 2.37. The molecular weight excluding hydrogens is 537 g/mol. The summed E-state index contributed by atoms with van der Waals surface area (Å²) in [7, 11) is 0. The van der Waals surface area contributed by atoms with Crippen molar-refractivity contribution >= 4 is 23.3 Å². The molecule has 3 unspecified atom stereocenters. The summed E-state index contributed by atoms with van der Waals surface area (Å²) in [4.78, 5) is 29.6. The summed E-state index contributed by atoms with van der Waals surface area (Å²) in [6.45, 7) is 3.70. The normalized spacial score (nSPS) is 23.8. The molecule has 2 aromatic heterocycles. The van der Waals surface area contributed by atoms with Gasteiger partial charge in [0.05, 0.1) is 31.3 Å². The molecule has 2 aliphatic heterocycles. The van der Waals surface area contributed by atoms with E-state index in [4.69, 9.17) is 21.3 Å². The third kappa shape index (κ3) is 6.45. The molecule has 1 aliphatic carbocycles. The lowest BCUT2D eigenvalue weighted by Gasteiger charge is -2.35. The molecule has 9 nitrogen and oxygen atoms in total. The summed E-state index contributed by atoms with van der Waals surface area (Å²) in [5.74, 6) is -1.22. The number of nitrogens with zero attached hydrogens (tertiary/aromatic N) is 5. The van der Waals surface area contributed by atoms with E-state index < -0.39 is 29.3 Å². The van der Waals surface area contributed by atoms with Crippen molar-refractivity contribution < 1.29 is 27.8 Å². The first-order valence-corrected chi connectivity index (χ1v) is 13.7. The molecular formula is C26H32ClF3N6O3. The number of alkyl halides is 4. The number of nitrogens with one attached hydrogen (secondary N) is 1. The first-order valence-electron chi connectivity index (χ1n) is 13.3. The number of aromatic nitrogens is 3. The maximum Gasteiger partial charge on any atom is 0.451 e. The predicted molar refractivity (Wildman–Crippen MR) is 138 cm³/mol. The topological polar surface area (TPSA) is 104 Å². The molecule has 0 bridgehead atoms. The lowest BCUT2D eigenvalue weighted by atomic mass is 9.84. The molecule has 0 spiro atoms. The zero-order valence-electron chi connectivity index (χ0n) is 21.4. The molecule has 0 aromatic carbocycles. The standard InChI is InChI=1S/C26H32ClF3N6O3/c27-19-2-3-20-18(1-4-22(34-20)36-7-5-17(37)6-8-36)23(19)24(38)31-15-21(35-9-11-39-12-10-35)16-13-32-25(33-14-16)26(28,29)30/h1,4,13-14,17,19,21,23,37H,2-3,5-12,15H2,(H,31,38). The van der Waals surface area contributed by atoms with Gasteiger partial charge in [-0.15, -0.1) is 11.6 Å². The molecule has 2 fully saturated rings. The van der Waals surface area contributed by atoms with E-state index >= 15 is 0 Å². The molecule has 2 saturated heterocycles. The van der Waals surface area contributed by atoms with Crippen LogP contribution in [0, 0.1) is 0 Å². The van der Waals surface area contributed by atoms with Crippen LogP contribution in [0.3, 0.4) is 0 Å². The van der Waals surface area contributed by atoms with Gasteiger partial charge in [-0.2, -0.15) is 13.2 Å². The van der Waals surface area contributed by atoms with E-state index in [0.717, 1.165) is 30.2 Å². The fourth-order valence-electron chi connectivity index (χ4n) is 5.51. The Morgan fingerprint density at radius 2 is 1.82 bits per heavy atom. The van der Waals surface area contributed by atoms with Gasteiger partial charge in [0.15, 0.2) is 0 Å². The average Bonchev–Trinajstić information content (AvgIpc) is 2.93. The molecule has 4 heterocycles. The zero-order chi connectivity index (χ0) is 27.6. The molecule has 39 heavy (non-hydrogen) atoms. The van der Waals surface area contributed by atoms with Crippen molar-refractivity contribution in [2.45, 2.75) is 55.3 Å². The second-order valence-corrected chi connectivity index (χ2v) is 10.8. The number of morpholine rings is 1. The Kier molecular flexibility index (Phi) is 8.55. The van der Waals surface area contributed by atoms with E-state index in [1.807, 2.05) is 17.0 Å². The maximum absolute atomic E-state index is 13.5. The van der Waals surface area contributed by atoms with E-state index in [2.05, 4.69) is 20.2 Å². The van der Waals surface area contributed by atoms with E-state index in [0.29, 0.717) is 57.6 Å². The van der Waals surface area contributed by atoms with E-state index in [9.17, 15) is 23.1 Å². The number of carbonyl (C=O) groups is 1. The van der Waals surface area contributed by atoms with Gasteiger partial charge in [-0.1, -0.05) is 6.07 Å². The van der Waals surface area contributed by atoms with Crippen LogP contribution in [0.15, 0.2) is 24.5 Å². The van der Waals surface area contributed by atoms with Crippen LogP contribution in [0.5, 0.6) is 0 Å². The number of rotatable bonds is 6. The van der Waals surface area contributed by atoms with Crippen molar-refractivity contribution in [2.24, 2.45) is 0 Å². The van der Waals surface area contributed by atoms with Gasteiger partial charge in [0, 0.05) is 61.8 Å². The minimum Gasteiger partial charge on any atom is -0.393 e. The molecule has 1 amide bonds. The van der Waals surface area contributed by atoms with Crippen LogP contribution < -0.4 is 10.2 Å². The van der Waals surface area contributed by atoms with Crippen molar-refractivity contribution in [1.29, 1.82) is 0 Å². The number of aryl methyl sites for hydroxylation is 1. The predicted octanol–water partition coefficient (Wildman–Crippen LogP) is 2.68. The number of piperidine rings is 1. The highest BCUT2D eigenvalue weighted by Crippen LogP contribution is 2.36. The SMILES string of the molecule is O=C(NCC(c1cnc(C(F)(F)F)nc1)N1CCOCC1)C1c2ccc(N3CCC(O)CC3)nc2CCC1Cl. The van der Waals surface area contributed by atoms with Crippen molar-refractivity contribution in [3.8, 4) is 0 Å². The quantitative estimate of drug-likeness (QED) is 0.513. The summed E-state index contributed by atoms with van der Waals surface area (Å²) >= 11 is 6.67. The summed E-state index contributed by atoms with van der Waals surface area (Å²) in [5.41, 5.74) is 2.12. The Balaban J connectivity index is 1.32. The molecule has 212 valence electrons. The van der Waals surface area contributed by atoms with Gasteiger partial charge in [0.1, 0.15) is 5.82 Å². The van der Waals surface area contributed by atoms with Gasteiger partial charge in [0.25, 0.3) is 0 Å². The Bertz CT molecular complexity index is 1140. The first-order chi connectivity index (χ1) is 18.7. The minimum absolute atomic E-state index is 0.157. The van der Waals surface area contributed by atoms with Crippen LogP contribution in [0.1, 0.15) is 53.9 Å². The third-order valence-corrected chi connectivity index (χ3v) is 8.16. The van der Waals surface area contributed by atoms with Crippen LogP contribution in [-0.2, 0) is 22.1 Å². The van der Waals surface area contributed by atoms with Crippen LogP contribution in [0.25, 0.3) is 0 Å². The van der Waals surface area contributed by atoms with Gasteiger partial charge >= 0.3 is 6.18 Å². The lowest BCUT2D eigenvalue weighted by Crippen LogP contribution is -2.45. The monoisotopic (exact) mass is 568 g/mol. The maximum atomic E-state index is 13.5. The number of aliphatic hydroxyl groups excluding tert-OH is 1. The smallest absolute Gasteiger partial charge is 0.393 e. The van der Waals surface area contributed by atoms with Crippen molar-refractivity contribution in [1.82, 2.24) is 25.2 Å². The van der Waals surface area contributed by atoms with Crippen molar-refractivity contribution in [3.63, 3.8) is 0 Å². The van der Waals surface area contributed by atoms with E-state index in [-0.39, 0.29) is 18.6 Å². The molecule has 13 heteroatoms. The van der Waals surface area contributed by atoms with Crippen LogP contribution in [-0.4, -0.2) is 88.3 Å². The van der Waals surface area contributed by atoms with Gasteiger partial charge in [-0.05, 0) is 37.3 Å². The number of amides is 1. The fourth-order valence-corrected chi connectivity index (χ4v) is 5.87. The average molecular weight is 569 g/mol. The molecule has 0 radical (unpaired) electrons. The van der Waals surface area contributed by atoms with Gasteiger partial charge in [-0.25, -0.2) is 15.0 Å². The largest absolute Gasteiger partial charge is 0.451 e. The molecule has 3 aliphatic rings. The highest BCUT2D eigenvalue weighted by molar-refractivity contribution is 6.23. The molecule has 5 rings (SSSR count). The van der Waals surface area contributed by atoms with Gasteiger partial charge in [0.2, 0.25) is 11.7 Å². The summed E-state index contributed by atoms with van der Waals surface area (Å²) < 4.78 is 44.4. The van der Waals surface area contributed by atoms with E-state index in [1.165, 1.54) is 12.4 Å². The second kappa shape index (κ2) is 11.9. The number of halogens is 4. The summed E-state index contributed by atoms with van der Waals surface area (Å²) in [6, 6.07) is 3.40. The lowest BCUT2D eigenvalue weighted by molar-refractivity contribution is -0.145. The summed E-state index contributed by atoms with van der Waals surface area (Å²) in [6.07, 6.45) is 0.0936. The van der Waals surface area contributed by atoms with Gasteiger partial charge in [-0.3, -0.25) is 9.69 Å². The van der Waals surface area contributed by atoms with Crippen LogP contribution in [0.2, 0.25) is 0 Å². The van der Waals surface area contributed by atoms with Crippen molar-refractivity contribution in [3.05, 3.63) is 47.2 Å². The van der Waals surface area contributed by atoms with Crippen molar-refractivity contribution in [2.75, 3.05) is 50.8 Å². The number of carbonyl (C=O) groups excluding carboxylic acids is 1. The number of hydrogen-bond donors (Lipinski definition) is 2. The van der Waals surface area contributed by atoms with Crippen LogP contribution >= 0.6 is 11.6 Å². The molecule has 2 aromatic rings. The molecule has 2 N–H and O–H groups in total. The Morgan fingerprint density at radius 1 is 1.13 bits per heavy atom. The van der Waals surface area contributed by atoms with Gasteiger partial charge < -0.3 is 20.1 Å². The Labute approximate surface area is 229 Å². The number of pyridine rings is 1. The fraction of sp³-hybridized carbons (Fsp3) is 0.615. The number of fused-ring (bicyclic) bond motifs is 1. The number of anilines is 1. The second-order valence-electron chi connectivity index (χ2n) is 10.2. The number of aliphatic hydroxyl groups is 1. The summed E-state index contributed by atoms with van der Waals surface area (Å²) in [5, 5.41) is 12.4. The number of ether oxygens (including phenoxy) is 1. The highest BCUT2D eigenvalue weighted by atomic mass is 35.5. The van der Waals surface area contributed by atoms with E-state index in [1.54, 1.807) is 0 Å². The zero-order valence-corrected chi connectivity index (χ0v) is 22.2. The third-order valence-electron chi connectivity index (χ3n) is 7.69. The molecule has 0 saturated carbocycles. The van der Waals surface area contributed by atoms with Crippen LogP contribution in [0.4, 0.5) is 19.0 Å². The number of hydrogen-bond acceptors (Lipinski definition) is 8. The Hall–Kier alpha value is -2.54.